The van der Waals surface area contributed by atoms with Gasteiger partial charge in [-0.25, -0.2) is 13.4 Å². The lowest BCUT2D eigenvalue weighted by Crippen LogP contribution is -2.37. The Morgan fingerprint density at radius 1 is 1.03 bits per heavy atom. The first-order valence-corrected chi connectivity index (χ1v) is 12.8. The molecule has 0 unspecified atom stereocenters. The Morgan fingerprint density at radius 2 is 1.76 bits per heavy atom. The zero-order valence-electron chi connectivity index (χ0n) is 18.9. The maximum atomic E-state index is 13.0. The lowest BCUT2D eigenvalue weighted by molar-refractivity contribution is 0.0713. The summed E-state index contributed by atoms with van der Waals surface area (Å²) in [5.41, 5.74) is 4.01. The van der Waals surface area contributed by atoms with Crippen molar-refractivity contribution in [2.75, 3.05) is 17.8 Å². The number of aromatic nitrogens is 2. The van der Waals surface area contributed by atoms with Crippen molar-refractivity contribution in [2.24, 2.45) is 0 Å². The van der Waals surface area contributed by atoms with Crippen LogP contribution in [0.2, 0.25) is 0 Å². The topological polar surface area (TPSA) is 95.2 Å². The van der Waals surface area contributed by atoms with E-state index in [-0.39, 0.29) is 10.8 Å². The third kappa shape index (κ3) is 4.28. The molecule has 2 aromatic heterocycles. The van der Waals surface area contributed by atoms with Crippen LogP contribution in [-0.4, -0.2) is 42.3 Å². The number of pyridine rings is 1. The standard InChI is InChI=1S/C26H26N4O3S/c1-18-5-2-3-7-24(18)29-34(32,33)21-10-8-20(9-11-21)26(31)30-15-12-19(13-16-30)23-17-28-25-22(23)6-4-14-27-25/h2-11,14,17,19,29H,12-13,15-16H2,1H3,(H,27,28). The minimum atomic E-state index is -3.74. The number of aryl methyl sites for hydroxylation is 1. The molecule has 34 heavy (non-hydrogen) atoms. The molecule has 0 saturated carbocycles. The first-order valence-electron chi connectivity index (χ1n) is 11.3. The van der Waals surface area contributed by atoms with Crippen LogP contribution in [0.3, 0.4) is 0 Å². The van der Waals surface area contributed by atoms with Crippen LogP contribution in [0.5, 0.6) is 0 Å². The third-order valence-corrected chi connectivity index (χ3v) is 7.89. The number of benzene rings is 2. The Balaban J connectivity index is 1.25. The number of sulfonamides is 1. The first-order chi connectivity index (χ1) is 16.4. The van der Waals surface area contributed by atoms with Gasteiger partial charge in [-0.3, -0.25) is 9.52 Å². The fourth-order valence-electron chi connectivity index (χ4n) is 4.56. The molecule has 1 aliphatic rings. The number of aromatic amines is 1. The first kappa shape index (κ1) is 22.2. The van der Waals surface area contributed by atoms with Gasteiger partial charge in [0.25, 0.3) is 15.9 Å². The number of likely N-dealkylation sites (tertiary alicyclic amines) is 1. The lowest BCUT2D eigenvalue weighted by atomic mass is 9.89. The molecule has 2 N–H and O–H groups in total. The van der Waals surface area contributed by atoms with Crippen molar-refractivity contribution in [3.63, 3.8) is 0 Å². The van der Waals surface area contributed by atoms with Crippen LogP contribution >= 0.6 is 0 Å². The third-order valence-electron chi connectivity index (χ3n) is 6.51. The second kappa shape index (κ2) is 8.95. The second-order valence-corrected chi connectivity index (χ2v) is 10.3. The van der Waals surface area contributed by atoms with Crippen molar-refractivity contribution in [3.05, 3.63) is 89.7 Å². The highest BCUT2D eigenvalue weighted by molar-refractivity contribution is 7.92. The molecule has 0 radical (unpaired) electrons. The van der Waals surface area contributed by atoms with Crippen molar-refractivity contribution >= 4 is 32.7 Å². The van der Waals surface area contributed by atoms with E-state index in [1.54, 1.807) is 30.5 Å². The summed E-state index contributed by atoms with van der Waals surface area (Å²) in [7, 11) is -3.74. The van der Waals surface area contributed by atoms with Gasteiger partial charge in [-0.15, -0.1) is 0 Å². The maximum Gasteiger partial charge on any atom is 0.261 e. The minimum absolute atomic E-state index is 0.0742. The van der Waals surface area contributed by atoms with Gasteiger partial charge in [0, 0.05) is 36.4 Å². The lowest BCUT2D eigenvalue weighted by Gasteiger charge is -2.32. The average molecular weight is 475 g/mol. The number of hydrogen-bond donors (Lipinski definition) is 2. The van der Waals surface area contributed by atoms with E-state index in [0.717, 1.165) is 29.4 Å². The molecule has 1 fully saturated rings. The quantitative estimate of drug-likeness (QED) is 0.439. The van der Waals surface area contributed by atoms with Gasteiger partial charge in [-0.2, -0.15) is 0 Å². The van der Waals surface area contributed by atoms with Gasteiger partial charge < -0.3 is 9.88 Å². The molecule has 1 aliphatic heterocycles. The molecule has 0 spiro atoms. The van der Waals surface area contributed by atoms with Crippen molar-refractivity contribution in [1.29, 1.82) is 0 Å². The summed E-state index contributed by atoms with van der Waals surface area (Å²) in [4.78, 5) is 22.6. The molecular formula is C26H26N4O3S. The Labute approximate surface area is 198 Å². The Hall–Kier alpha value is -3.65. The van der Waals surface area contributed by atoms with Crippen LogP contribution in [0.4, 0.5) is 5.69 Å². The number of H-pyrrole nitrogens is 1. The van der Waals surface area contributed by atoms with Gasteiger partial charge in [0.05, 0.1) is 10.6 Å². The van der Waals surface area contributed by atoms with E-state index < -0.39 is 10.0 Å². The minimum Gasteiger partial charge on any atom is -0.346 e. The van der Waals surface area contributed by atoms with E-state index in [0.29, 0.717) is 30.3 Å². The van der Waals surface area contributed by atoms with Crippen molar-refractivity contribution in [3.8, 4) is 0 Å². The number of anilines is 1. The highest BCUT2D eigenvalue weighted by atomic mass is 32.2. The highest BCUT2D eigenvalue weighted by Gasteiger charge is 2.26. The van der Waals surface area contributed by atoms with E-state index in [1.165, 1.54) is 17.7 Å². The predicted molar refractivity (Wildman–Crippen MR) is 132 cm³/mol. The van der Waals surface area contributed by atoms with Crippen LogP contribution < -0.4 is 4.72 Å². The number of carbonyl (C=O) groups is 1. The molecule has 2 aromatic carbocycles. The number of para-hydroxylation sites is 1. The average Bonchev–Trinajstić information content (AvgIpc) is 3.29. The summed E-state index contributed by atoms with van der Waals surface area (Å²) in [5, 5.41) is 1.14. The Bertz CT molecular complexity index is 1440. The largest absolute Gasteiger partial charge is 0.346 e. The normalized spacial score (nSPS) is 14.9. The Morgan fingerprint density at radius 3 is 2.50 bits per heavy atom. The number of piperidine rings is 1. The van der Waals surface area contributed by atoms with Crippen LogP contribution in [0, 0.1) is 6.92 Å². The van der Waals surface area contributed by atoms with Crippen LogP contribution in [0.15, 0.2) is 78.0 Å². The fraction of sp³-hybridized carbons (Fsp3) is 0.231. The maximum absolute atomic E-state index is 13.0. The molecule has 0 atom stereocenters. The Kier molecular flexibility index (Phi) is 5.83. The molecule has 8 heteroatoms. The summed E-state index contributed by atoms with van der Waals surface area (Å²) in [5.74, 6) is 0.303. The summed E-state index contributed by atoms with van der Waals surface area (Å²) in [6, 6.07) is 17.4. The zero-order chi connectivity index (χ0) is 23.7. The SMILES string of the molecule is Cc1ccccc1NS(=O)(=O)c1ccc(C(=O)N2CCC(c3c[nH]c4ncccc34)CC2)cc1. The molecule has 5 rings (SSSR count). The van der Waals surface area contributed by atoms with Crippen LogP contribution in [0.25, 0.3) is 11.0 Å². The van der Waals surface area contributed by atoms with Gasteiger partial charge in [-0.05, 0) is 79.3 Å². The van der Waals surface area contributed by atoms with E-state index in [9.17, 15) is 13.2 Å². The summed E-state index contributed by atoms with van der Waals surface area (Å²) < 4.78 is 28.1. The molecule has 7 nitrogen and oxygen atoms in total. The number of carbonyl (C=O) groups excluding carboxylic acids is 1. The van der Waals surface area contributed by atoms with Crippen molar-refractivity contribution < 1.29 is 13.2 Å². The van der Waals surface area contributed by atoms with E-state index in [1.807, 2.05) is 36.2 Å². The summed E-state index contributed by atoms with van der Waals surface area (Å²) in [6.45, 7) is 3.16. The fourth-order valence-corrected chi connectivity index (χ4v) is 5.69. The number of nitrogens with one attached hydrogen (secondary N) is 2. The van der Waals surface area contributed by atoms with E-state index >= 15 is 0 Å². The van der Waals surface area contributed by atoms with Crippen LogP contribution in [0.1, 0.15) is 40.2 Å². The smallest absolute Gasteiger partial charge is 0.261 e. The number of hydrogen-bond acceptors (Lipinski definition) is 4. The van der Waals surface area contributed by atoms with Gasteiger partial charge in [0.1, 0.15) is 5.65 Å². The molecule has 1 saturated heterocycles. The van der Waals surface area contributed by atoms with E-state index in [4.69, 9.17) is 0 Å². The van der Waals surface area contributed by atoms with Crippen LogP contribution in [-0.2, 0) is 10.0 Å². The van der Waals surface area contributed by atoms with Gasteiger partial charge >= 0.3 is 0 Å². The number of fused-ring (bicyclic) bond motifs is 1. The molecule has 3 heterocycles. The molecule has 0 aliphatic carbocycles. The second-order valence-electron chi connectivity index (χ2n) is 8.65. The molecular weight excluding hydrogens is 448 g/mol. The molecule has 4 aromatic rings. The molecule has 0 bridgehead atoms. The predicted octanol–water partition coefficient (Wildman–Crippen LogP) is 4.69. The van der Waals surface area contributed by atoms with E-state index in [2.05, 4.69) is 20.8 Å². The summed E-state index contributed by atoms with van der Waals surface area (Å²) >= 11 is 0. The zero-order valence-corrected chi connectivity index (χ0v) is 19.7. The number of rotatable bonds is 5. The van der Waals surface area contributed by atoms with Gasteiger partial charge in [-0.1, -0.05) is 18.2 Å². The molecule has 1 amide bonds. The monoisotopic (exact) mass is 474 g/mol. The highest BCUT2D eigenvalue weighted by Crippen LogP contribution is 2.33. The number of amides is 1. The van der Waals surface area contributed by atoms with Gasteiger partial charge in [0.2, 0.25) is 0 Å². The molecule has 174 valence electrons. The number of nitrogens with zero attached hydrogens (tertiary/aromatic N) is 2. The van der Waals surface area contributed by atoms with Gasteiger partial charge in [0.15, 0.2) is 0 Å². The van der Waals surface area contributed by atoms with Crippen molar-refractivity contribution in [2.45, 2.75) is 30.6 Å². The summed E-state index contributed by atoms with van der Waals surface area (Å²) in [6.07, 6.45) is 5.56. The van der Waals surface area contributed by atoms with Crippen molar-refractivity contribution in [1.82, 2.24) is 14.9 Å².